The summed E-state index contributed by atoms with van der Waals surface area (Å²) in [6, 6.07) is -0.439. The summed E-state index contributed by atoms with van der Waals surface area (Å²) < 4.78 is 5.42. The molecule has 1 aliphatic heterocycles. The Labute approximate surface area is 120 Å². The molecule has 2 aromatic heterocycles. The van der Waals surface area contributed by atoms with Crippen molar-refractivity contribution < 1.29 is 9.53 Å². The molecule has 112 valence electrons. The molecule has 1 atom stereocenters. The van der Waals surface area contributed by atoms with Crippen molar-refractivity contribution in [1.82, 2.24) is 25.5 Å². The zero-order chi connectivity index (χ0) is 14.8. The molecule has 3 heterocycles. The zero-order valence-electron chi connectivity index (χ0n) is 11.7. The maximum absolute atomic E-state index is 12.2. The van der Waals surface area contributed by atoms with Gasteiger partial charge in [-0.05, 0) is 6.92 Å². The second-order valence-electron chi connectivity index (χ2n) is 4.72. The van der Waals surface area contributed by atoms with Gasteiger partial charge < -0.3 is 20.7 Å². The van der Waals surface area contributed by atoms with E-state index in [9.17, 15) is 4.79 Å². The van der Waals surface area contributed by atoms with Gasteiger partial charge in [0.25, 0.3) is 0 Å². The molecule has 1 unspecified atom stereocenters. The van der Waals surface area contributed by atoms with E-state index in [2.05, 4.69) is 25.5 Å². The molecule has 0 aliphatic carbocycles. The van der Waals surface area contributed by atoms with Crippen molar-refractivity contribution >= 4 is 28.7 Å². The van der Waals surface area contributed by atoms with Crippen LogP contribution in [-0.2, 0) is 9.53 Å². The minimum absolute atomic E-state index is 0.0916. The van der Waals surface area contributed by atoms with Crippen LogP contribution in [0, 0.1) is 0 Å². The molecule has 0 spiro atoms. The fourth-order valence-electron chi connectivity index (χ4n) is 2.42. The number of aromatic amines is 1. The molecule has 0 radical (unpaired) electrons. The monoisotopic (exact) mass is 291 g/mol. The zero-order valence-corrected chi connectivity index (χ0v) is 11.7. The Morgan fingerprint density at radius 1 is 1.62 bits per heavy atom. The van der Waals surface area contributed by atoms with E-state index in [1.54, 1.807) is 6.20 Å². The van der Waals surface area contributed by atoms with Crippen molar-refractivity contribution in [1.29, 1.82) is 0 Å². The van der Waals surface area contributed by atoms with Crippen LogP contribution in [0.2, 0.25) is 0 Å². The van der Waals surface area contributed by atoms with E-state index < -0.39 is 6.04 Å². The van der Waals surface area contributed by atoms with E-state index >= 15 is 0 Å². The van der Waals surface area contributed by atoms with Crippen LogP contribution in [0.1, 0.15) is 6.92 Å². The van der Waals surface area contributed by atoms with Gasteiger partial charge in [-0.2, -0.15) is 15.1 Å². The largest absolute Gasteiger partial charge is 0.377 e. The predicted molar refractivity (Wildman–Crippen MR) is 76.7 cm³/mol. The highest BCUT2D eigenvalue weighted by Crippen LogP contribution is 2.26. The molecule has 1 amide bonds. The van der Waals surface area contributed by atoms with Gasteiger partial charge in [0.15, 0.2) is 5.65 Å². The highest BCUT2D eigenvalue weighted by molar-refractivity contribution is 5.92. The van der Waals surface area contributed by atoms with Crippen molar-refractivity contribution in [3.8, 4) is 0 Å². The standard InChI is InChI=1S/C12H17N7O2/c1-2-14-11(20)8-6-21-4-3-19(8)10-7-5-15-18-9(7)16-12(13)17-10/h5,8H,2-4,6H2,1H3,(H,14,20)(H3,13,15,16,17,18). The summed E-state index contributed by atoms with van der Waals surface area (Å²) >= 11 is 0. The second kappa shape index (κ2) is 5.52. The van der Waals surface area contributed by atoms with Crippen LogP contribution in [0.4, 0.5) is 11.8 Å². The van der Waals surface area contributed by atoms with E-state index in [1.807, 2.05) is 11.8 Å². The number of rotatable bonds is 3. The van der Waals surface area contributed by atoms with Crippen LogP contribution in [-0.4, -0.2) is 58.4 Å². The van der Waals surface area contributed by atoms with Crippen molar-refractivity contribution in [2.75, 3.05) is 36.9 Å². The van der Waals surface area contributed by atoms with E-state index in [0.717, 1.165) is 5.39 Å². The number of hydrogen-bond donors (Lipinski definition) is 3. The molecule has 9 heteroatoms. The topological polar surface area (TPSA) is 122 Å². The third-order valence-electron chi connectivity index (χ3n) is 3.36. The number of morpholine rings is 1. The molecular formula is C12H17N7O2. The number of ether oxygens (including phenoxy) is 1. The van der Waals surface area contributed by atoms with Gasteiger partial charge in [-0.3, -0.25) is 9.89 Å². The van der Waals surface area contributed by atoms with Gasteiger partial charge >= 0.3 is 0 Å². The minimum atomic E-state index is -0.439. The molecule has 0 aromatic carbocycles. The van der Waals surface area contributed by atoms with Gasteiger partial charge in [-0.1, -0.05) is 0 Å². The van der Waals surface area contributed by atoms with Crippen LogP contribution >= 0.6 is 0 Å². The van der Waals surface area contributed by atoms with Crippen molar-refractivity contribution in [3.63, 3.8) is 0 Å². The van der Waals surface area contributed by atoms with Crippen molar-refractivity contribution in [3.05, 3.63) is 6.20 Å². The fourth-order valence-corrected chi connectivity index (χ4v) is 2.42. The van der Waals surface area contributed by atoms with E-state index in [0.29, 0.717) is 37.8 Å². The lowest BCUT2D eigenvalue weighted by molar-refractivity contribution is -0.124. The number of anilines is 2. The Hall–Kier alpha value is -2.42. The molecule has 1 aliphatic rings. The Bertz CT molecular complexity index is 656. The number of hydrogen-bond acceptors (Lipinski definition) is 7. The summed E-state index contributed by atoms with van der Waals surface area (Å²) in [6.07, 6.45) is 1.63. The number of nitrogens with two attached hydrogens (primary N) is 1. The molecule has 2 aromatic rings. The Balaban J connectivity index is 2.02. The van der Waals surface area contributed by atoms with Crippen LogP contribution < -0.4 is 16.0 Å². The fraction of sp³-hybridized carbons (Fsp3) is 0.500. The molecule has 0 bridgehead atoms. The van der Waals surface area contributed by atoms with Crippen LogP contribution in [0.15, 0.2) is 6.20 Å². The average Bonchev–Trinajstić information content (AvgIpc) is 2.94. The van der Waals surface area contributed by atoms with Gasteiger partial charge in [-0.15, -0.1) is 0 Å². The summed E-state index contributed by atoms with van der Waals surface area (Å²) in [6.45, 7) is 3.84. The molecule has 4 N–H and O–H groups in total. The maximum Gasteiger partial charge on any atom is 0.245 e. The lowest BCUT2D eigenvalue weighted by atomic mass is 10.2. The summed E-state index contributed by atoms with van der Waals surface area (Å²) in [5, 5.41) is 10.3. The predicted octanol–water partition coefficient (Wildman–Crippen LogP) is -0.724. The Morgan fingerprint density at radius 3 is 3.29 bits per heavy atom. The van der Waals surface area contributed by atoms with Crippen molar-refractivity contribution in [2.24, 2.45) is 0 Å². The first-order chi connectivity index (χ1) is 10.2. The van der Waals surface area contributed by atoms with Crippen LogP contribution in [0.25, 0.3) is 11.0 Å². The number of nitrogens with one attached hydrogen (secondary N) is 2. The quantitative estimate of drug-likeness (QED) is 0.681. The average molecular weight is 291 g/mol. The first-order valence-corrected chi connectivity index (χ1v) is 6.79. The van der Waals surface area contributed by atoms with Crippen LogP contribution in [0.3, 0.4) is 0 Å². The number of likely N-dealkylation sites (N-methyl/N-ethyl adjacent to an activating group) is 1. The minimum Gasteiger partial charge on any atom is -0.377 e. The number of carbonyl (C=O) groups excluding carboxylic acids is 1. The third kappa shape index (κ3) is 2.47. The molecule has 3 rings (SSSR count). The molecule has 1 fully saturated rings. The van der Waals surface area contributed by atoms with E-state index in [-0.39, 0.29) is 11.9 Å². The number of nitrogens with zero attached hydrogens (tertiary/aromatic N) is 4. The maximum atomic E-state index is 12.2. The first kappa shape index (κ1) is 13.6. The summed E-state index contributed by atoms with van der Waals surface area (Å²) in [4.78, 5) is 22.5. The number of nitrogen functional groups attached to an aromatic ring is 1. The lowest BCUT2D eigenvalue weighted by Gasteiger charge is -2.35. The number of amides is 1. The second-order valence-corrected chi connectivity index (χ2v) is 4.72. The Kier molecular flexibility index (Phi) is 3.57. The van der Waals surface area contributed by atoms with Gasteiger partial charge in [0.05, 0.1) is 24.8 Å². The Morgan fingerprint density at radius 2 is 2.48 bits per heavy atom. The van der Waals surface area contributed by atoms with Gasteiger partial charge in [0, 0.05) is 13.1 Å². The smallest absolute Gasteiger partial charge is 0.245 e. The molecule has 9 nitrogen and oxygen atoms in total. The summed E-state index contributed by atoms with van der Waals surface area (Å²) in [5.41, 5.74) is 6.30. The number of H-pyrrole nitrogens is 1. The van der Waals surface area contributed by atoms with E-state index in [4.69, 9.17) is 10.5 Å². The highest BCUT2D eigenvalue weighted by atomic mass is 16.5. The molecule has 1 saturated heterocycles. The van der Waals surface area contributed by atoms with Gasteiger partial charge in [0.2, 0.25) is 11.9 Å². The number of aromatic nitrogens is 4. The van der Waals surface area contributed by atoms with E-state index in [1.165, 1.54) is 0 Å². The van der Waals surface area contributed by atoms with Gasteiger partial charge in [0.1, 0.15) is 11.9 Å². The van der Waals surface area contributed by atoms with Crippen LogP contribution in [0.5, 0.6) is 0 Å². The van der Waals surface area contributed by atoms with Crippen molar-refractivity contribution in [2.45, 2.75) is 13.0 Å². The molecule has 21 heavy (non-hydrogen) atoms. The molecule has 0 saturated carbocycles. The summed E-state index contributed by atoms with van der Waals surface area (Å²) in [7, 11) is 0. The lowest BCUT2D eigenvalue weighted by Crippen LogP contribution is -2.54. The number of fused-ring (bicyclic) bond motifs is 1. The normalized spacial score (nSPS) is 18.9. The SMILES string of the molecule is CCNC(=O)C1COCCN1c1nc(N)nc2[nH]ncc12. The molecular weight excluding hydrogens is 274 g/mol. The highest BCUT2D eigenvalue weighted by Gasteiger charge is 2.31. The van der Waals surface area contributed by atoms with Gasteiger partial charge in [-0.25, -0.2) is 0 Å². The summed E-state index contributed by atoms with van der Waals surface area (Å²) in [5.74, 6) is 0.653. The number of carbonyl (C=O) groups is 1. The first-order valence-electron chi connectivity index (χ1n) is 6.79. The third-order valence-corrected chi connectivity index (χ3v) is 3.36.